The number of nitrogens with one attached hydrogen (secondary N) is 1. The van der Waals surface area contributed by atoms with Gasteiger partial charge in [-0.05, 0) is 25.1 Å². The number of carbonyl (C=O) groups excluding carboxylic acids is 1. The van der Waals surface area contributed by atoms with Crippen LogP contribution in [0.1, 0.15) is 39.4 Å². The van der Waals surface area contributed by atoms with Gasteiger partial charge in [-0.2, -0.15) is 5.10 Å². The number of hydrogen-bond donors (Lipinski definition) is 2. The normalized spacial score (nSPS) is 11.7. The molecule has 2 aromatic rings. The first-order valence-electron chi connectivity index (χ1n) is 7.17. The van der Waals surface area contributed by atoms with Crippen LogP contribution < -0.4 is 14.8 Å². The fourth-order valence-electron chi connectivity index (χ4n) is 2.33. The Bertz CT molecular complexity index is 769. The van der Waals surface area contributed by atoms with Crippen molar-refractivity contribution in [1.29, 1.82) is 0 Å². The zero-order valence-corrected chi connectivity index (χ0v) is 13.9. The molecule has 0 spiro atoms. The fourth-order valence-corrected chi connectivity index (χ4v) is 2.33. The van der Waals surface area contributed by atoms with Gasteiger partial charge in [0.2, 0.25) is 0 Å². The van der Waals surface area contributed by atoms with Gasteiger partial charge in [0, 0.05) is 18.8 Å². The van der Waals surface area contributed by atoms with Gasteiger partial charge in [0.25, 0.3) is 5.91 Å². The second-order valence-electron chi connectivity index (χ2n) is 5.17. The highest BCUT2D eigenvalue weighted by molar-refractivity contribution is 6.03. The van der Waals surface area contributed by atoms with Crippen molar-refractivity contribution < 1.29 is 24.2 Å². The van der Waals surface area contributed by atoms with Crippen LogP contribution in [0.4, 0.5) is 0 Å². The topological polar surface area (TPSA) is 103 Å². The van der Waals surface area contributed by atoms with E-state index < -0.39 is 17.9 Å². The second kappa shape index (κ2) is 7.03. The molecular formula is C16H19N3O5. The van der Waals surface area contributed by atoms with E-state index >= 15 is 0 Å². The Morgan fingerprint density at radius 2 is 2.00 bits per heavy atom. The number of nitrogens with zero attached hydrogens (tertiary/aromatic N) is 2. The van der Waals surface area contributed by atoms with Gasteiger partial charge in [0.15, 0.2) is 5.69 Å². The van der Waals surface area contributed by atoms with Crippen molar-refractivity contribution in [3.8, 4) is 11.5 Å². The van der Waals surface area contributed by atoms with Crippen LogP contribution in [0.5, 0.6) is 11.5 Å². The Balaban J connectivity index is 2.28. The molecule has 2 rings (SSSR count). The zero-order valence-electron chi connectivity index (χ0n) is 13.9. The number of hydrogen-bond acceptors (Lipinski definition) is 5. The molecule has 1 amide bonds. The van der Waals surface area contributed by atoms with Crippen LogP contribution in [0.25, 0.3) is 0 Å². The monoisotopic (exact) mass is 333 g/mol. The first-order valence-corrected chi connectivity index (χ1v) is 7.17. The van der Waals surface area contributed by atoms with Crippen molar-refractivity contribution in [3.05, 3.63) is 41.2 Å². The molecule has 0 unspecified atom stereocenters. The van der Waals surface area contributed by atoms with Crippen LogP contribution in [0.2, 0.25) is 0 Å². The smallest absolute Gasteiger partial charge is 0.339 e. The number of aryl methyl sites for hydroxylation is 1. The minimum absolute atomic E-state index is 0.140. The number of aromatic carboxylic acids is 1. The summed E-state index contributed by atoms with van der Waals surface area (Å²) in [6, 6.07) is 4.80. The Hall–Kier alpha value is -3.03. The van der Waals surface area contributed by atoms with Gasteiger partial charge in [-0.25, -0.2) is 4.79 Å². The highest BCUT2D eigenvalue weighted by Gasteiger charge is 2.23. The summed E-state index contributed by atoms with van der Waals surface area (Å²) in [6.45, 7) is 1.76. The third kappa shape index (κ3) is 3.48. The predicted molar refractivity (Wildman–Crippen MR) is 85.6 cm³/mol. The first kappa shape index (κ1) is 17.3. The van der Waals surface area contributed by atoms with Crippen LogP contribution in [-0.2, 0) is 7.05 Å². The van der Waals surface area contributed by atoms with Gasteiger partial charge in [0.1, 0.15) is 17.1 Å². The molecule has 1 heterocycles. The Morgan fingerprint density at radius 3 is 2.58 bits per heavy atom. The highest BCUT2D eigenvalue weighted by atomic mass is 16.5. The lowest BCUT2D eigenvalue weighted by molar-refractivity contribution is 0.0690. The van der Waals surface area contributed by atoms with Gasteiger partial charge in [-0.3, -0.25) is 9.48 Å². The summed E-state index contributed by atoms with van der Waals surface area (Å²) in [5, 5.41) is 15.8. The highest BCUT2D eigenvalue weighted by Crippen LogP contribution is 2.29. The summed E-state index contributed by atoms with van der Waals surface area (Å²) >= 11 is 0. The van der Waals surface area contributed by atoms with E-state index in [9.17, 15) is 9.59 Å². The number of aromatic nitrogens is 2. The van der Waals surface area contributed by atoms with Gasteiger partial charge < -0.3 is 19.9 Å². The average Bonchev–Trinajstić information content (AvgIpc) is 2.96. The van der Waals surface area contributed by atoms with Crippen LogP contribution in [0, 0.1) is 0 Å². The molecule has 8 nitrogen and oxygen atoms in total. The lowest BCUT2D eigenvalue weighted by Crippen LogP contribution is -2.28. The predicted octanol–water partition coefficient (Wildman–Crippen LogP) is 1.63. The zero-order chi connectivity index (χ0) is 17.9. The maximum Gasteiger partial charge on any atom is 0.339 e. The summed E-state index contributed by atoms with van der Waals surface area (Å²) in [7, 11) is 4.63. The Labute approximate surface area is 139 Å². The standard InChI is InChI=1S/C16H19N3O5/c1-9(11-7-10(23-3)5-6-13(11)24-4)17-15(20)14-12(16(21)22)8-19(2)18-14/h5-9H,1-4H3,(H,17,20)(H,21,22)/t9-/m0/s1. The molecule has 8 heteroatoms. The lowest BCUT2D eigenvalue weighted by Gasteiger charge is -2.18. The van der Waals surface area contributed by atoms with Gasteiger partial charge in [0.05, 0.1) is 20.3 Å². The molecule has 0 saturated carbocycles. The fraction of sp³-hybridized carbons (Fsp3) is 0.312. The summed E-state index contributed by atoms with van der Waals surface area (Å²) in [5.41, 5.74) is 0.413. The van der Waals surface area contributed by atoms with Crippen LogP contribution >= 0.6 is 0 Å². The Morgan fingerprint density at radius 1 is 1.29 bits per heavy atom. The SMILES string of the molecule is COc1ccc(OC)c([C@H](C)NC(=O)c2nn(C)cc2C(=O)O)c1. The largest absolute Gasteiger partial charge is 0.497 e. The number of ether oxygens (including phenoxy) is 2. The van der Waals surface area contributed by atoms with Crippen LogP contribution in [0.3, 0.4) is 0 Å². The van der Waals surface area contributed by atoms with Gasteiger partial charge in [-0.15, -0.1) is 0 Å². The van der Waals surface area contributed by atoms with Crippen molar-refractivity contribution in [2.45, 2.75) is 13.0 Å². The van der Waals surface area contributed by atoms with Crippen LogP contribution in [-0.4, -0.2) is 41.0 Å². The third-order valence-corrected chi connectivity index (χ3v) is 3.53. The van der Waals surface area contributed by atoms with E-state index in [2.05, 4.69) is 10.4 Å². The van der Waals surface area contributed by atoms with Crippen molar-refractivity contribution in [2.24, 2.45) is 7.05 Å². The van der Waals surface area contributed by atoms with Crippen LogP contribution in [0.15, 0.2) is 24.4 Å². The minimum Gasteiger partial charge on any atom is -0.497 e. The van der Waals surface area contributed by atoms with E-state index in [1.807, 2.05) is 0 Å². The van der Waals surface area contributed by atoms with Gasteiger partial charge >= 0.3 is 5.97 Å². The summed E-state index contributed by atoms with van der Waals surface area (Å²) in [4.78, 5) is 23.6. The quantitative estimate of drug-likeness (QED) is 0.833. The van der Waals surface area contributed by atoms with Gasteiger partial charge in [-0.1, -0.05) is 0 Å². The van der Waals surface area contributed by atoms with E-state index in [-0.39, 0.29) is 11.3 Å². The first-order chi connectivity index (χ1) is 11.4. The molecule has 0 bridgehead atoms. The van der Waals surface area contributed by atoms with E-state index in [4.69, 9.17) is 14.6 Å². The van der Waals surface area contributed by atoms with E-state index in [0.717, 1.165) is 0 Å². The molecule has 1 aromatic heterocycles. The molecule has 0 radical (unpaired) electrons. The molecule has 1 aromatic carbocycles. The molecule has 128 valence electrons. The molecular weight excluding hydrogens is 314 g/mol. The molecule has 0 aliphatic carbocycles. The number of carbonyl (C=O) groups is 2. The number of amides is 1. The Kier molecular flexibility index (Phi) is 5.08. The summed E-state index contributed by atoms with van der Waals surface area (Å²) in [5.74, 6) is -0.579. The van der Waals surface area contributed by atoms with Crippen molar-refractivity contribution >= 4 is 11.9 Å². The lowest BCUT2D eigenvalue weighted by atomic mass is 10.1. The molecule has 0 saturated heterocycles. The number of carboxylic acid groups (broad SMARTS) is 1. The number of methoxy groups -OCH3 is 2. The summed E-state index contributed by atoms with van der Waals surface area (Å²) in [6.07, 6.45) is 1.29. The number of carboxylic acids is 1. The van der Waals surface area contributed by atoms with E-state index in [1.54, 1.807) is 39.3 Å². The minimum atomic E-state index is -1.21. The van der Waals surface area contributed by atoms with Crippen molar-refractivity contribution in [3.63, 3.8) is 0 Å². The average molecular weight is 333 g/mol. The van der Waals surface area contributed by atoms with E-state index in [1.165, 1.54) is 18.0 Å². The number of rotatable bonds is 6. The molecule has 24 heavy (non-hydrogen) atoms. The third-order valence-electron chi connectivity index (χ3n) is 3.53. The number of benzene rings is 1. The maximum absolute atomic E-state index is 12.4. The molecule has 0 aliphatic heterocycles. The molecule has 0 fully saturated rings. The summed E-state index contributed by atoms with van der Waals surface area (Å²) < 4.78 is 11.8. The maximum atomic E-state index is 12.4. The molecule has 2 N–H and O–H groups in total. The van der Waals surface area contributed by atoms with Crippen molar-refractivity contribution in [2.75, 3.05) is 14.2 Å². The molecule has 0 aliphatic rings. The molecule has 1 atom stereocenters. The van der Waals surface area contributed by atoms with E-state index in [0.29, 0.717) is 17.1 Å². The van der Waals surface area contributed by atoms with Crippen molar-refractivity contribution in [1.82, 2.24) is 15.1 Å². The second-order valence-corrected chi connectivity index (χ2v) is 5.17.